The lowest BCUT2D eigenvalue weighted by Crippen LogP contribution is -2.37. The summed E-state index contributed by atoms with van der Waals surface area (Å²) in [5, 5.41) is 3.74. The standard InChI is InChI=1S/C22H19Cl3N2O3S/c1-15-8-10-18(11-9-15)31(29,30)27(13-19-20(24)6-3-7-21(19)25)14-22(28)26-17-5-2-4-16(23)12-17/h2-12H,13-14H2,1H3,(H,26,28). The van der Waals surface area contributed by atoms with E-state index in [0.717, 1.165) is 9.87 Å². The Hall–Kier alpha value is -2.09. The van der Waals surface area contributed by atoms with Gasteiger partial charge in [0.25, 0.3) is 0 Å². The normalized spacial score (nSPS) is 11.5. The highest BCUT2D eigenvalue weighted by atomic mass is 35.5. The average Bonchev–Trinajstić information content (AvgIpc) is 2.70. The zero-order valence-electron chi connectivity index (χ0n) is 16.5. The largest absolute Gasteiger partial charge is 0.325 e. The summed E-state index contributed by atoms with van der Waals surface area (Å²) in [7, 11) is -4.02. The Balaban J connectivity index is 1.93. The molecule has 0 saturated heterocycles. The molecule has 0 aliphatic heterocycles. The monoisotopic (exact) mass is 496 g/mol. The van der Waals surface area contributed by atoms with Crippen molar-refractivity contribution in [1.82, 2.24) is 4.31 Å². The van der Waals surface area contributed by atoms with Gasteiger partial charge in [-0.15, -0.1) is 0 Å². The lowest BCUT2D eigenvalue weighted by atomic mass is 10.2. The SMILES string of the molecule is Cc1ccc(S(=O)(=O)N(CC(=O)Nc2cccc(Cl)c2)Cc2c(Cl)cccc2Cl)cc1. The molecule has 0 atom stereocenters. The van der Waals surface area contributed by atoms with Gasteiger partial charge in [0.05, 0.1) is 11.4 Å². The number of aryl methyl sites for hydroxylation is 1. The van der Waals surface area contributed by atoms with E-state index in [1.807, 2.05) is 6.92 Å². The van der Waals surface area contributed by atoms with Crippen molar-refractivity contribution in [3.8, 4) is 0 Å². The highest BCUT2D eigenvalue weighted by molar-refractivity contribution is 7.89. The number of nitrogens with one attached hydrogen (secondary N) is 1. The van der Waals surface area contributed by atoms with Crippen molar-refractivity contribution in [2.24, 2.45) is 0 Å². The van der Waals surface area contributed by atoms with E-state index in [1.165, 1.54) is 12.1 Å². The van der Waals surface area contributed by atoms with Crippen LogP contribution < -0.4 is 5.32 Å². The van der Waals surface area contributed by atoms with Gasteiger partial charge >= 0.3 is 0 Å². The van der Waals surface area contributed by atoms with E-state index in [1.54, 1.807) is 54.6 Å². The molecule has 0 radical (unpaired) electrons. The number of carbonyl (C=O) groups is 1. The lowest BCUT2D eigenvalue weighted by Gasteiger charge is -2.23. The van der Waals surface area contributed by atoms with Crippen molar-refractivity contribution < 1.29 is 13.2 Å². The summed E-state index contributed by atoms with van der Waals surface area (Å²) in [6.45, 7) is 1.25. The van der Waals surface area contributed by atoms with Gasteiger partial charge in [-0.1, -0.05) is 64.6 Å². The van der Waals surface area contributed by atoms with Gasteiger partial charge in [-0.3, -0.25) is 4.79 Å². The first kappa shape index (κ1) is 23.6. The average molecular weight is 498 g/mol. The summed E-state index contributed by atoms with van der Waals surface area (Å²) in [6, 6.07) is 17.9. The van der Waals surface area contributed by atoms with Gasteiger partial charge < -0.3 is 5.32 Å². The number of rotatable bonds is 7. The van der Waals surface area contributed by atoms with Crippen LogP contribution in [0.1, 0.15) is 11.1 Å². The van der Waals surface area contributed by atoms with Crippen LogP contribution in [0.5, 0.6) is 0 Å². The molecule has 1 amide bonds. The minimum Gasteiger partial charge on any atom is -0.325 e. The third kappa shape index (κ3) is 5.99. The molecule has 9 heteroatoms. The summed E-state index contributed by atoms with van der Waals surface area (Å²) in [5.74, 6) is -0.527. The molecule has 0 heterocycles. The van der Waals surface area contributed by atoms with E-state index < -0.39 is 22.5 Å². The molecular weight excluding hydrogens is 479 g/mol. The van der Waals surface area contributed by atoms with Crippen molar-refractivity contribution in [3.63, 3.8) is 0 Å². The Labute approximate surface area is 196 Å². The van der Waals surface area contributed by atoms with Gasteiger partial charge in [-0.2, -0.15) is 4.31 Å². The molecule has 162 valence electrons. The summed E-state index contributed by atoms with van der Waals surface area (Å²) in [4.78, 5) is 12.8. The highest BCUT2D eigenvalue weighted by Crippen LogP contribution is 2.28. The molecule has 0 aliphatic carbocycles. The lowest BCUT2D eigenvalue weighted by molar-refractivity contribution is -0.116. The van der Waals surface area contributed by atoms with E-state index >= 15 is 0 Å². The van der Waals surface area contributed by atoms with Crippen LogP contribution in [0.3, 0.4) is 0 Å². The molecule has 0 aromatic heterocycles. The fraction of sp³-hybridized carbons (Fsp3) is 0.136. The second-order valence-corrected chi connectivity index (χ2v) is 10.0. The summed E-state index contributed by atoms with van der Waals surface area (Å²) >= 11 is 18.5. The maximum atomic E-state index is 13.4. The van der Waals surface area contributed by atoms with Gasteiger partial charge in [0.15, 0.2) is 0 Å². The number of amides is 1. The number of anilines is 1. The molecule has 3 rings (SSSR count). The first-order valence-electron chi connectivity index (χ1n) is 9.22. The minimum absolute atomic E-state index is 0.0665. The van der Waals surface area contributed by atoms with Crippen LogP contribution in [-0.2, 0) is 21.4 Å². The zero-order chi connectivity index (χ0) is 22.6. The van der Waals surface area contributed by atoms with E-state index in [0.29, 0.717) is 26.3 Å². The Kier molecular flexibility index (Phi) is 7.62. The van der Waals surface area contributed by atoms with Crippen LogP contribution in [-0.4, -0.2) is 25.2 Å². The summed E-state index contributed by atoms with van der Waals surface area (Å²) < 4.78 is 27.7. The van der Waals surface area contributed by atoms with E-state index in [-0.39, 0.29) is 11.4 Å². The van der Waals surface area contributed by atoms with Crippen LogP contribution in [0, 0.1) is 6.92 Å². The quantitative estimate of drug-likeness (QED) is 0.449. The fourth-order valence-corrected chi connectivity index (χ4v) is 4.94. The number of sulfonamides is 1. The van der Waals surface area contributed by atoms with Crippen LogP contribution in [0.4, 0.5) is 5.69 Å². The van der Waals surface area contributed by atoms with Crippen molar-refractivity contribution in [2.75, 3.05) is 11.9 Å². The third-order valence-corrected chi connectivity index (χ3v) is 7.23. The van der Waals surface area contributed by atoms with Gasteiger partial charge in [0, 0.05) is 32.9 Å². The van der Waals surface area contributed by atoms with Crippen molar-refractivity contribution in [1.29, 1.82) is 0 Å². The number of nitrogens with zero attached hydrogens (tertiary/aromatic N) is 1. The van der Waals surface area contributed by atoms with Gasteiger partial charge in [-0.25, -0.2) is 8.42 Å². The predicted octanol–water partition coefficient (Wildman–Crippen LogP) is 5.78. The van der Waals surface area contributed by atoms with Crippen LogP contribution in [0.15, 0.2) is 71.6 Å². The first-order chi connectivity index (χ1) is 14.7. The Morgan fingerprint density at radius 2 is 1.55 bits per heavy atom. The molecule has 0 aliphatic rings. The topological polar surface area (TPSA) is 66.5 Å². The number of hydrogen-bond donors (Lipinski definition) is 1. The molecule has 0 bridgehead atoms. The minimum atomic E-state index is -4.02. The fourth-order valence-electron chi connectivity index (χ4n) is 2.87. The number of benzene rings is 3. The molecule has 0 spiro atoms. The molecule has 0 fully saturated rings. The van der Waals surface area contributed by atoms with Crippen LogP contribution in [0.2, 0.25) is 15.1 Å². The first-order valence-corrected chi connectivity index (χ1v) is 11.8. The predicted molar refractivity (Wildman–Crippen MR) is 125 cm³/mol. The van der Waals surface area contributed by atoms with Gasteiger partial charge in [0.1, 0.15) is 0 Å². The molecule has 5 nitrogen and oxygen atoms in total. The number of halogens is 3. The number of carbonyl (C=O) groups excluding carboxylic acids is 1. The number of hydrogen-bond acceptors (Lipinski definition) is 3. The Morgan fingerprint density at radius 1 is 0.935 bits per heavy atom. The Morgan fingerprint density at radius 3 is 2.16 bits per heavy atom. The molecule has 3 aromatic rings. The maximum absolute atomic E-state index is 13.4. The van der Waals surface area contributed by atoms with E-state index in [9.17, 15) is 13.2 Å². The summed E-state index contributed by atoms with van der Waals surface area (Å²) in [5.41, 5.74) is 1.79. The zero-order valence-corrected chi connectivity index (χ0v) is 19.6. The van der Waals surface area contributed by atoms with Crippen LogP contribution >= 0.6 is 34.8 Å². The van der Waals surface area contributed by atoms with E-state index in [2.05, 4.69) is 5.32 Å². The van der Waals surface area contributed by atoms with Gasteiger partial charge in [-0.05, 0) is 49.4 Å². The van der Waals surface area contributed by atoms with Gasteiger partial charge in [0.2, 0.25) is 15.9 Å². The smallest absolute Gasteiger partial charge is 0.243 e. The van der Waals surface area contributed by atoms with Crippen molar-refractivity contribution in [3.05, 3.63) is 92.9 Å². The van der Waals surface area contributed by atoms with Crippen molar-refractivity contribution >= 4 is 56.4 Å². The molecular formula is C22H19Cl3N2O3S. The molecule has 0 saturated carbocycles. The molecule has 0 unspecified atom stereocenters. The molecule has 1 N–H and O–H groups in total. The Bertz CT molecular complexity index is 1180. The highest BCUT2D eigenvalue weighted by Gasteiger charge is 2.28. The molecule has 3 aromatic carbocycles. The third-order valence-electron chi connectivity index (χ3n) is 4.48. The molecule has 31 heavy (non-hydrogen) atoms. The second kappa shape index (κ2) is 10.0. The van der Waals surface area contributed by atoms with Crippen LogP contribution in [0.25, 0.3) is 0 Å². The van der Waals surface area contributed by atoms with E-state index in [4.69, 9.17) is 34.8 Å². The maximum Gasteiger partial charge on any atom is 0.243 e. The second-order valence-electron chi connectivity index (χ2n) is 6.84. The van der Waals surface area contributed by atoms with Crippen molar-refractivity contribution in [2.45, 2.75) is 18.4 Å². The summed E-state index contributed by atoms with van der Waals surface area (Å²) in [6.07, 6.45) is 0.